The predicted octanol–water partition coefficient (Wildman–Crippen LogP) is 0.866. The lowest BCUT2D eigenvalue weighted by Gasteiger charge is -2.19. The second-order valence-corrected chi connectivity index (χ2v) is 5.15. The fraction of sp³-hybridized carbons (Fsp3) is 0.400. The fourth-order valence-electron chi connectivity index (χ4n) is 2.99. The largest absolute Gasteiger partial charge is 0.342 e. The minimum absolute atomic E-state index is 0.274. The zero-order valence-electron chi connectivity index (χ0n) is 10.2. The summed E-state index contributed by atoms with van der Waals surface area (Å²) in [5, 5.41) is 2.89. The molecule has 1 aromatic carbocycles. The number of carbonyl (C=O) groups excluding carboxylic acids is 1. The van der Waals surface area contributed by atoms with Gasteiger partial charge < -0.3 is 5.32 Å². The van der Waals surface area contributed by atoms with Gasteiger partial charge in [0.25, 0.3) is 5.91 Å². The van der Waals surface area contributed by atoms with Gasteiger partial charge in [0.1, 0.15) is 0 Å². The summed E-state index contributed by atoms with van der Waals surface area (Å²) in [4.78, 5) is 13.6. The van der Waals surface area contributed by atoms with Crippen molar-refractivity contribution in [2.45, 2.75) is 12.6 Å². The summed E-state index contributed by atoms with van der Waals surface area (Å²) in [5.41, 5.74) is 1.35. The second kappa shape index (κ2) is 4.47. The maximum atomic E-state index is 11.1. The maximum Gasteiger partial charge on any atom is 0.295 e. The van der Waals surface area contributed by atoms with E-state index >= 15 is 0 Å². The van der Waals surface area contributed by atoms with Crippen LogP contribution in [0.3, 0.4) is 0 Å². The van der Waals surface area contributed by atoms with Crippen LogP contribution < -0.4 is 5.32 Å². The third kappa shape index (κ3) is 2.12. The van der Waals surface area contributed by atoms with E-state index in [0.717, 1.165) is 19.6 Å². The summed E-state index contributed by atoms with van der Waals surface area (Å²) in [6, 6.07) is 10.8. The number of hydrogen-bond donors (Lipinski definition) is 1. The number of terminal acetylenes is 1. The molecule has 3 nitrogen and oxygen atoms in total. The van der Waals surface area contributed by atoms with Crippen LogP contribution in [0.25, 0.3) is 0 Å². The van der Waals surface area contributed by atoms with Crippen LogP contribution in [0.5, 0.6) is 0 Å². The van der Waals surface area contributed by atoms with Gasteiger partial charge in [-0.25, -0.2) is 0 Å². The number of carbonyl (C=O) groups is 1. The molecule has 2 fully saturated rings. The van der Waals surface area contributed by atoms with Crippen LogP contribution in [0.4, 0.5) is 0 Å². The number of amides is 1. The van der Waals surface area contributed by atoms with Gasteiger partial charge in [0.15, 0.2) is 0 Å². The van der Waals surface area contributed by atoms with E-state index in [4.69, 9.17) is 6.42 Å². The van der Waals surface area contributed by atoms with Crippen LogP contribution in [0.15, 0.2) is 30.3 Å². The third-order valence-corrected chi connectivity index (χ3v) is 3.95. The van der Waals surface area contributed by atoms with E-state index in [1.807, 2.05) is 6.07 Å². The zero-order valence-corrected chi connectivity index (χ0v) is 10.2. The SMILES string of the molecule is C#CC(=O)NC1C2CN(Cc3ccccc3)CC21. The van der Waals surface area contributed by atoms with Crippen LogP contribution in [0.2, 0.25) is 0 Å². The first-order chi connectivity index (χ1) is 8.78. The number of nitrogens with zero attached hydrogens (tertiary/aromatic N) is 1. The number of likely N-dealkylation sites (tertiary alicyclic amines) is 1. The molecule has 3 heteroatoms. The van der Waals surface area contributed by atoms with Crippen LogP contribution in [0.1, 0.15) is 5.56 Å². The lowest BCUT2D eigenvalue weighted by Crippen LogP contribution is -2.33. The number of piperidine rings is 1. The molecule has 1 saturated carbocycles. The van der Waals surface area contributed by atoms with Gasteiger partial charge in [-0.3, -0.25) is 9.69 Å². The molecule has 0 bridgehead atoms. The molecule has 92 valence electrons. The molecule has 1 aliphatic heterocycles. The summed E-state index contributed by atoms with van der Waals surface area (Å²) >= 11 is 0. The third-order valence-electron chi connectivity index (χ3n) is 3.95. The van der Waals surface area contributed by atoms with Crippen molar-refractivity contribution in [3.8, 4) is 12.3 Å². The number of nitrogens with one attached hydrogen (secondary N) is 1. The number of rotatable bonds is 3. The first-order valence-electron chi connectivity index (χ1n) is 6.31. The van der Waals surface area contributed by atoms with Crippen molar-refractivity contribution in [1.29, 1.82) is 0 Å². The highest BCUT2D eigenvalue weighted by molar-refractivity contribution is 5.93. The monoisotopic (exact) mass is 240 g/mol. The molecule has 0 aromatic heterocycles. The number of fused-ring (bicyclic) bond motifs is 1. The molecular formula is C15H16N2O. The van der Waals surface area contributed by atoms with E-state index in [0.29, 0.717) is 17.9 Å². The van der Waals surface area contributed by atoms with E-state index < -0.39 is 0 Å². The van der Waals surface area contributed by atoms with Crippen molar-refractivity contribution >= 4 is 5.91 Å². The molecule has 1 saturated heterocycles. The first kappa shape index (κ1) is 11.3. The summed E-state index contributed by atoms with van der Waals surface area (Å²) in [5.74, 6) is 3.04. The first-order valence-corrected chi connectivity index (χ1v) is 6.31. The Morgan fingerprint density at radius 1 is 1.33 bits per heavy atom. The Morgan fingerprint density at radius 2 is 2.00 bits per heavy atom. The molecule has 0 radical (unpaired) electrons. The Labute approximate surface area is 107 Å². The molecule has 3 rings (SSSR count). The Morgan fingerprint density at radius 3 is 2.61 bits per heavy atom. The van der Waals surface area contributed by atoms with Crippen LogP contribution >= 0.6 is 0 Å². The average Bonchev–Trinajstić information content (AvgIpc) is 2.85. The molecule has 1 aromatic rings. The van der Waals surface area contributed by atoms with E-state index in [2.05, 4.69) is 40.4 Å². The fourth-order valence-corrected chi connectivity index (χ4v) is 2.99. The maximum absolute atomic E-state index is 11.1. The normalized spacial score (nSPS) is 29.4. The zero-order chi connectivity index (χ0) is 12.5. The predicted molar refractivity (Wildman–Crippen MR) is 69.5 cm³/mol. The highest BCUT2D eigenvalue weighted by Crippen LogP contribution is 2.45. The summed E-state index contributed by atoms with van der Waals surface area (Å²) in [6.07, 6.45) is 5.06. The van der Waals surface area contributed by atoms with Crippen molar-refractivity contribution in [1.82, 2.24) is 10.2 Å². The molecule has 2 aliphatic rings. The Balaban J connectivity index is 1.50. The number of hydrogen-bond acceptors (Lipinski definition) is 2. The van der Waals surface area contributed by atoms with Gasteiger partial charge >= 0.3 is 0 Å². The van der Waals surface area contributed by atoms with Crippen molar-refractivity contribution in [2.24, 2.45) is 11.8 Å². The molecule has 1 N–H and O–H groups in total. The highest BCUT2D eigenvalue weighted by Gasteiger charge is 2.56. The summed E-state index contributed by atoms with van der Waals surface area (Å²) in [7, 11) is 0. The van der Waals surface area contributed by atoms with Gasteiger partial charge in [0.2, 0.25) is 0 Å². The van der Waals surface area contributed by atoms with E-state index in [1.165, 1.54) is 5.56 Å². The van der Waals surface area contributed by atoms with Crippen molar-refractivity contribution in [3.05, 3.63) is 35.9 Å². The molecule has 0 spiro atoms. The summed E-state index contributed by atoms with van der Waals surface area (Å²) in [6.45, 7) is 3.13. The van der Waals surface area contributed by atoms with Gasteiger partial charge in [-0.1, -0.05) is 30.3 Å². The lowest BCUT2D eigenvalue weighted by molar-refractivity contribution is -0.116. The van der Waals surface area contributed by atoms with Gasteiger partial charge in [-0.2, -0.15) is 0 Å². The van der Waals surface area contributed by atoms with Crippen LogP contribution in [-0.2, 0) is 11.3 Å². The molecule has 1 amide bonds. The van der Waals surface area contributed by atoms with E-state index in [1.54, 1.807) is 0 Å². The van der Waals surface area contributed by atoms with Crippen molar-refractivity contribution in [3.63, 3.8) is 0 Å². The average molecular weight is 240 g/mol. The van der Waals surface area contributed by atoms with E-state index in [9.17, 15) is 4.79 Å². The molecule has 2 unspecified atom stereocenters. The Bertz CT molecular complexity index is 479. The quantitative estimate of drug-likeness (QED) is 0.795. The van der Waals surface area contributed by atoms with E-state index in [-0.39, 0.29) is 5.91 Å². The molecule has 1 heterocycles. The second-order valence-electron chi connectivity index (χ2n) is 5.15. The van der Waals surface area contributed by atoms with Gasteiger partial charge in [0.05, 0.1) is 0 Å². The molecule has 2 atom stereocenters. The molecule has 18 heavy (non-hydrogen) atoms. The van der Waals surface area contributed by atoms with Crippen LogP contribution in [-0.4, -0.2) is 29.9 Å². The van der Waals surface area contributed by atoms with Gasteiger partial charge in [0, 0.05) is 25.7 Å². The van der Waals surface area contributed by atoms with Gasteiger partial charge in [-0.05, 0) is 23.3 Å². The topological polar surface area (TPSA) is 32.3 Å². The lowest BCUT2D eigenvalue weighted by atomic mass is 10.2. The molecule has 1 aliphatic carbocycles. The molecular weight excluding hydrogens is 224 g/mol. The van der Waals surface area contributed by atoms with Crippen molar-refractivity contribution < 1.29 is 4.79 Å². The Hall–Kier alpha value is -1.79. The smallest absolute Gasteiger partial charge is 0.295 e. The number of benzene rings is 1. The summed E-state index contributed by atoms with van der Waals surface area (Å²) < 4.78 is 0. The Kier molecular flexibility index (Phi) is 2.81. The van der Waals surface area contributed by atoms with Gasteiger partial charge in [-0.15, -0.1) is 6.42 Å². The highest BCUT2D eigenvalue weighted by atomic mass is 16.1. The minimum Gasteiger partial charge on any atom is -0.342 e. The van der Waals surface area contributed by atoms with Crippen molar-refractivity contribution in [2.75, 3.05) is 13.1 Å². The standard InChI is InChI=1S/C15H16N2O/c1-2-14(18)16-15-12-9-17(10-13(12)15)8-11-6-4-3-5-7-11/h1,3-7,12-13,15H,8-10H2,(H,16,18). The minimum atomic E-state index is -0.274. The van der Waals surface area contributed by atoms with Crippen LogP contribution in [0, 0.1) is 24.2 Å².